The molecule has 0 aliphatic rings. The predicted molar refractivity (Wildman–Crippen MR) is 82.6 cm³/mol. The Morgan fingerprint density at radius 3 is 2.65 bits per heavy atom. The first kappa shape index (κ1) is 15.8. The van der Waals surface area contributed by atoms with Gasteiger partial charge >= 0.3 is 0 Å². The Kier molecular flexibility index (Phi) is 6.96. The van der Waals surface area contributed by atoms with Crippen LogP contribution in [-0.4, -0.2) is 17.1 Å². The molecule has 0 fully saturated rings. The van der Waals surface area contributed by atoms with Gasteiger partial charge in [0.1, 0.15) is 0 Å². The molecule has 0 aromatic carbocycles. The number of hydrogen-bond acceptors (Lipinski definition) is 3. The van der Waals surface area contributed by atoms with Crippen LogP contribution in [-0.2, 0) is 0 Å². The van der Waals surface area contributed by atoms with Crippen molar-refractivity contribution in [3.63, 3.8) is 0 Å². The van der Waals surface area contributed by atoms with Crippen LogP contribution in [0.25, 0.3) is 0 Å². The molecular weight excluding hydrogens is 250 g/mol. The molecule has 1 aromatic rings. The Balaban J connectivity index is 2.37. The minimum Gasteiger partial charge on any atom is -0.267 e. The fraction of sp³-hybridized carbons (Fsp3) is 0.312. The minimum atomic E-state index is -0.237. The number of rotatable bonds is 6. The lowest BCUT2D eigenvalue weighted by atomic mass is 10.1. The molecule has 4 heteroatoms. The third-order valence-electron chi connectivity index (χ3n) is 2.63. The molecule has 1 N–H and O–H groups in total. The summed E-state index contributed by atoms with van der Waals surface area (Å²) >= 11 is 0. The maximum absolute atomic E-state index is 11.7. The van der Waals surface area contributed by atoms with Crippen LogP contribution in [0.1, 0.15) is 44.0 Å². The maximum Gasteiger partial charge on any atom is 0.271 e. The van der Waals surface area contributed by atoms with Crippen molar-refractivity contribution < 1.29 is 4.79 Å². The summed E-state index contributed by atoms with van der Waals surface area (Å²) in [6.07, 6.45) is 10.9. The first-order valence-corrected chi connectivity index (χ1v) is 6.62. The molecule has 0 unspecified atom stereocenters. The summed E-state index contributed by atoms with van der Waals surface area (Å²) < 4.78 is 0. The largest absolute Gasteiger partial charge is 0.271 e. The second kappa shape index (κ2) is 8.80. The lowest BCUT2D eigenvalue weighted by molar-refractivity contribution is 0.0955. The number of pyridine rings is 1. The summed E-state index contributed by atoms with van der Waals surface area (Å²) in [6.45, 7) is 6.24. The molecule has 0 spiro atoms. The van der Waals surface area contributed by atoms with Gasteiger partial charge in [0, 0.05) is 24.2 Å². The molecule has 0 bridgehead atoms. The van der Waals surface area contributed by atoms with Crippen LogP contribution in [0.3, 0.4) is 0 Å². The van der Waals surface area contributed by atoms with Crippen molar-refractivity contribution in [2.45, 2.75) is 33.6 Å². The summed E-state index contributed by atoms with van der Waals surface area (Å²) in [5.74, 6) is -0.237. The summed E-state index contributed by atoms with van der Waals surface area (Å²) in [7, 11) is 0. The van der Waals surface area contributed by atoms with Crippen molar-refractivity contribution in [1.29, 1.82) is 0 Å². The molecular formula is C16H21N3O. The van der Waals surface area contributed by atoms with Crippen LogP contribution in [0.4, 0.5) is 0 Å². The molecule has 1 amide bonds. The molecule has 106 valence electrons. The molecule has 0 saturated carbocycles. The number of allylic oxidation sites excluding steroid dienone is 4. The standard InChI is InChI=1S/C16H21N3O/c1-13(2)5-4-6-14(3)7-12-18-19-16(20)15-8-10-17-11-9-15/h5,7-12H,4,6H2,1-3H3,(H,19,20)/b14-7-,18-12+. The Morgan fingerprint density at radius 2 is 2.00 bits per heavy atom. The minimum absolute atomic E-state index is 0.237. The number of aromatic nitrogens is 1. The van der Waals surface area contributed by atoms with Crippen LogP contribution in [0.15, 0.2) is 52.9 Å². The topological polar surface area (TPSA) is 54.4 Å². The average Bonchev–Trinajstić information content (AvgIpc) is 2.44. The number of carbonyl (C=O) groups is 1. The normalized spacial score (nSPS) is 11.4. The quantitative estimate of drug-likeness (QED) is 0.489. The summed E-state index contributed by atoms with van der Waals surface area (Å²) in [5.41, 5.74) is 5.57. The molecule has 1 rings (SSSR count). The van der Waals surface area contributed by atoms with Gasteiger partial charge in [0.2, 0.25) is 0 Å². The van der Waals surface area contributed by atoms with Crippen molar-refractivity contribution in [3.8, 4) is 0 Å². The summed E-state index contributed by atoms with van der Waals surface area (Å²) in [6, 6.07) is 3.29. The van der Waals surface area contributed by atoms with Gasteiger partial charge in [0.15, 0.2) is 0 Å². The van der Waals surface area contributed by atoms with Gasteiger partial charge in [-0.15, -0.1) is 0 Å². The molecule has 1 aromatic heterocycles. The van der Waals surface area contributed by atoms with Crippen LogP contribution in [0, 0.1) is 0 Å². The van der Waals surface area contributed by atoms with Crippen molar-refractivity contribution in [1.82, 2.24) is 10.4 Å². The van der Waals surface area contributed by atoms with E-state index in [0.29, 0.717) is 5.56 Å². The van der Waals surface area contributed by atoms with Gasteiger partial charge in [0.25, 0.3) is 5.91 Å². The Hall–Kier alpha value is -2.23. The smallest absolute Gasteiger partial charge is 0.267 e. The highest BCUT2D eigenvalue weighted by atomic mass is 16.2. The Labute approximate surface area is 120 Å². The molecule has 0 atom stereocenters. The monoisotopic (exact) mass is 271 g/mol. The highest BCUT2D eigenvalue weighted by molar-refractivity contribution is 5.94. The first-order valence-electron chi connectivity index (χ1n) is 6.62. The van der Waals surface area contributed by atoms with E-state index >= 15 is 0 Å². The second-order valence-corrected chi connectivity index (χ2v) is 4.79. The van der Waals surface area contributed by atoms with Crippen LogP contribution in [0.5, 0.6) is 0 Å². The Morgan fingerprint density at radius 1 is 1.30 bits per heavy atom. The lowest BCUT2D eigenvalue weighted by Crippen LogP contribution is -2.17. The van der Waals surface area contributed by atoms with E-state index in [-0.39, 0.29) is 5.91 Å². The van der Waals surface area contributed by atoms with Crippen LogP contribution >= 0.6 is 0 Å². The number of nitrogens with zero attached hydrogens (tertiary/aromatic N) is 2. The second-order valence-electron chi connectivity index (χ2n) is 4.79. The van der Waals surface area contributed by atoms with E-state index in [1.807, 2.05) is 6.08 Å². The number of hydrazone groups is 1. The molecule has 0 radical (unpaired) electrons. The van der Waals surface area contributed by atoms with Gasteiger partial charge in [0.05, 0.1) is 0 Å². The van der Waals surface area contributed by atoms with E-state index in [9.17, 15) is 4.79 Å². The molecule has 0 saturated heterocycles. The molecule has 4 nitrogen and oxygen atoms in total. The molecule has 0 aliphatic carbocycles. The van der Waals surface area contributed by atoms with E-state index < -0.39 is 0 Å². The van der Waals surface area contributed by atoms with Gasteiger partial charge in [-0.25, -0.2) is 5.43 Å². The summed E-state index contributed by atoms with van der Waals surface area (Å²) in [4.78, 5) is 15.5. The lowest BCUT2D eigenvalue weighted by Gasteiger charge is -1.98. The summed E-state index contributed by atoms with van der Waals surface area (Å²) in [5, 5.41) is 3.89. The number of nitrogens with one attached hydrogen (secondary N) is 1. The average molecular weight is 271 g/mol. The Bertz CT molecular complexity index is 512. The maximum atomic E-state index is 11.7. The van der Waals surface area contributed by atoms with Gasteiger partial charge in [-0.1, -0.05) is 17.2 Å². The fourth-order valence-corrected chi connectivity index (χ4v) is 1.50. The van der Waals surface area contributed by atoms with Gasteiger partial charge in [-0.05, 0) is 51.8 Å². The number of carbonyl (C=O) groups excluding carboxylic acids is 1. The predicted octanol–water partition coefficient (Wildman–Crippen LogP) is 3.49. The van der Waals surface area contributed by atoms with E-state index in [1.54, 1.807) is 30.7 Å². The molecule has 20 heavy (non-hydrogen) atoms. The highest BCUT2D eigenvalue weighted by Crippen LogP contribution is 2.05. The van der Waals surface area contributed by atoms with Crippen molar-refractivity contribution in [3.05, 3.63) is 53.4 Å². The van der Waals surface area contributed by atoms with E-state index in [4.69, 9.17) is 0 Å². The molecule has 0 aliphatic heterocycles. The number of amides is 1. The zero-order valence-electron chi connectivity index (χ0n) is 12.3. The van der Waals surface area contributed by atoms with Gasteiger partial charge in [-0.3, -0.25) is 9.78 Å². The van der Waals surface area contributed by atoms with E-state index in [1.165, 1.54) is 11.1 Å². The third-order valence-corrected chi connectivity index (χ3v) is 2.63. The first-order chi connectivity index (χ1) is 9.59. The zero-order valence-corrected chi connectivity index (χ0v) is 12.3. The van der Waals surface area contributed by atoms with Gasteiger partial charge < -0.3 is 0 Å². The number of hydrogen-bond donors (Lipinski definition) is 1. The zero-order chi connectivity index (χ0) is 14.8. The van der Waals surface area contributed by atoms with Crippen molar-refractivity contribution in [2.75, 3.05) is 0 Å². The SMILES string of the molecule is CC(C)=CCC/C(C)=C\C=N\NC(=O)c1ccncc1. The van der Waals surface area contributed by atoms with Gasteiger partial charge in [-0.2, -0.15) is 5.10 Å². The highest BCUT2D eigenvalue weighted by Gasteiger charge is 2.01. The van der Waals surface area contributed by atoms with Crippen molar-refractivity contribution in [2.24, 2.45) is 5.10 Å². The van der Waals surface area contributed by atoms with E-state index in [0.717, 1.165) is 12.8 Å². The van der Waals surface area contributed by atoms with E-state index in [2.05, 4.69) is 42.4 Å². The van der Waals surface area contributed by atoms with Crippen LogP contribution in [0.2, 0.25) is 0 Å². The third kappa shape index (κ3) is 6.64. The van der Waals surface area contributed by atoms with Crippen molar-refractivity contribution >= 4 is 12.1 Å². The van der Waals surface area contributed by atoms with Crippen LogP contribution < -0.4 is 5.43 Å². The fourth-order valence-electron chi connectivity index (χ4n) is 1.50. The molecule has 1 heterocycles.